The van der Waals surface area contributed by atoms with Gasteiger partial charge in [-0.1, -0.05) is 46.7 Å². The molecule has 30 heavy (non-hydrogen) atoms. The average Bonchev–Trinajstić information content (AvgIpc) is 3.26. The fraction of sp³-hybridized carbons (Fsp3) is 0.190. The molecule has 0 fully saturated rings. The number of nitrogens with one attached hydrogen (secondary N) is 1. The molecule has 1 heterocycles. The summed E-state index contributed by atoms with van der Waals surface area (Å²) in [7, 11) is 1.44. The van der Waals surface area contributed by atoms with Crippen LogP contribution in [-0.2, 0) is 22.5 Å². The first-order valence-corrected chi connectivity index (χ1v) is 8.93. The summed E-state index contributed by atoms with van der Waals surface area (Å²) in [5.74, 6) is 0.521. The number of aromatic amines is 1. The third kappa shape index (κ3) is 5.05. The van der Waals surface area contributed by atoms with Crippen LogP contribution >= 0.6 is 0 Å². The number of hydrogen-bond acceptors (Lipinski definition) is 5. The van der Waals surface area contributed by atoms with Crippen molar-refractivity contribution >= 4 is 11.4 Å². The standard InChI is InChI=1S/C21H19F3N4O2/c1-14(15-7-5-8-17(12-15)21(22,23)24)27-30-13-16-6-3-4-9-18(16)19(28-29-2)20-25-10-11-26-20/h3-12H,13H2,1-2H3,(H,25,26)/b27-14+,28-19?. The molecule has 1 aromatic heterocycles. The molecule has 0 radical (unpaired) electrons. The number of H-pyrrole nitrogens is 1. The minimum absolute atomic E-state index is 0.0793. The number of halogens is 3. The molecule has 9 heteroatoms. The smallest absolute Gasteiger partial charge is 0.399 e. The third-order valence-corrected chi connectivity index (χ3v) is 4.21. The van der Waals surface area contributed by atoms with Gasteiger partial charge in [0.1, 0.15) is 13.7 Å². The van der Waals surface area contributed by atoms with Gasteiger partial charge in [0, 0.05) is 23.5 Å². The molecule has 0 aliphatic heterocycles. The van der Waals surface area contributed by atoms with Crippen LogP contribution in [0.15, 0.2) is 71.2 Å². The van der Waals surface area contributed by atoms with Crippen molar-refractivity contribution in [1.29, 1.82) is 0 Å². The highest BCUT2D eigenvalue weighted by molar-refractivity contribution is 6.11. The molecule has 2 aromatic carbocycles. The normalized spacial score (nSPS) is 12.7. The summed E-state index contributed by atoms with van der Waals surface area (Å²) in [5.41, 5.74) is 1.89. The molecule has 0 saturated heterocycles. The molecule has 0 aliphatic carbocycles. The Morgan fingerprint density at radius 2 is 1.90 bits per heavy atom. The van der Waals surface area contributed by atoms with Crippen molar-refractivity contribution in [1.82, 2.24) is 9.97 Å². The fourth-order valence-electron chi connectivity index (χ4n) is 2.76. The van der Waals surface area contributed by atoms with E-state index in [1.165, 1.54) is 13.2 Å². The minimum Gasteiger partial charge on any atom is -0.399 e. The van der Waals surface area contributed by atoms with Gasteiger partial charge in [-0.2, -0.15) is 13.2 Å². The molecule has 0 unspecified atom stereocenters. The predicted molar refractivity (Wildman–Crippen MR) is 106 cm³/mol. The summed E-state index contributed by atoms with van der Waals surface area (Å²) >= 11 is 0. The summed E-state index contributed by atoms with van der Waals surface area (Å²) in [6.45, 7) is 1.66. The maximum atomic E-state index is 12.9. The van der Waals surface area contributed by atoms with Gasteiger partial charge in [0.05, 0.1) is 11.3 Å². The van der Waals surface area contributed by atoms with E-state index in [0.29, 0.717) is 22.8 Å². The topological polar surface area (TPSA) is 71.9 Å². The Morgan fingerprint density at radius 3 is 2.60 bits per heavy atom. The molecule has 1 N–H and O–H groups in total. The Bertz CT molecular complexity index is 1040. The summed E-state index contributed by atoms with van der Waals surface area (Å²) in [5, 5.41) is 8.02. The molecular formula is C21H19F3N4O2. The lowest BCUT2D eigenvalue weighted by atomic mass is 10.0. The number of oxime groups is 2. The van der Waals surface area contributed by atoms with Gasteiger partial charge in [-0.3, -0.25) is 0 Å². The average molecular weight is 416 g/mol. The van der Waals surface area contributed by atoms with Crippen molar-refractivity contribution < 1.29 is 22.8 Å². The third-order valence-electron chi connectivity index (χ3n) is 4.21. The van der Waals surface area contributed by atoms with Gasteiger partial charge in [0.15, 0.2) is 11.5 Å². The van der Waals surface area contributed by atoms with Gasteiger partial charge in [0.25, 0.3) is 0 Å². The van der Waals surface area contributed by atoms with E-state index in [1.807, 2.05) is 24.3 Å². The Balaban J connectivity index is 1.80. The first-order valence-electron chi connectivity index (χ1n) is 8.93. The summed E-state index contributed by atoms with van der Waals surface area (Å²) in [4.78, 5) is 17.6. The van der Waals surface area contributed by atoms with Crippen LogP contribution in [0.5, 0.6) is 0 Å². The zero-order valence-electron chi connectivity index (χ0n) is 16.3. The van der Waals surface area contributed by atoms with E-state index in [2.05, 4.69) is 20.3 Å². The second-order valence-corrected chi connectivity index (χ2v) is 6.25. The van der Waals surface area contributed by atoms with Crippen molar-refractivity contribution in [3.8, 4) is 0 Å². The van der Waals surface area contributed by atoms with Crippen molar-refractivity contribution in [2.24, 2.45) is 10.3 Å². The number of benzene rings is 2. The Labute approximate surface area is 171 Å². The van der Waals surface area contributed by atoms with E-state index in [-0.39, 0.29) is 6.61 Å². The number of imidazole rings is 1. The van der Waals surface area contributed by atoms with Crippen LogP contribution in [0.2, 0.25) is 0 Å². The lowest BCUT2D eigenvalue weighted by Crippen LogP contribution is -2.10. The maximum absolute atomic E-state index is 12.9. The van der Waals surface area contributed by atoms with Crippen molar-refractivity contribution in [2.75, 3.05) is 7.11 Å². The van der Waals surface area contributed by atoms with Crippen LogP contribution in [-0.4, -0.2) is 28.5 Å². The summed E-state index contributed by atoms with van der Waals surface area (Å²) in [6, 6.07) is 12.3. The van der Waals surface area contributed by atoms with E-state index in [1.54, 1.807) is 25.4 Å². The van der Waals surface area contributed by atoms with E-state index in [0.717, 1.165) is 23.3 Å². The Kier molecular flexibility index (Phi) is 6.51. The highest BCUT2D eigenvalue weighted by atomic mass is 19.4. The van der Waals surface area contributed by atoms with Crippen molar-refractivity contribution in [3.05, 3.63) is 89.0 Å². The first-order chi connectivity index (χ1) is 14.4. The highest BCUT2D eigenvalue weighted by Gasteiger charge is 2.30. The highest BCUT2D eigenvalue weighted by Crippen LogP contribution is 2.29. The summed E-state index contributed by atoms with van der Waals surface area (Å²) < 4.78 is 38.7. The van der Waals surface area contributed by atoms with Crippen molar-refractivity contribution in [3.63, 3.8) is 0 Å². The molecule has 156 valence electrons. The lowest BCUT2D eigenvalue weighted by Gasteiger charge is -2.10. The molecule has 3 aromatic rings. The van der Waals surface area contributed by atoms with E-state index in [9.17, 15) is 13.2 Å². The predicted octanol–water partition coefficient (Wildman–Crippen LogP) is 4.77. The fourth-order valence-corrected chi connectivity index (χ4v) is 2.76. The molecule has 3 rings (SSSR count). The lowest BCUT2D eigenvalue weighted by molar-refractivity contribution is -0.137. The van der Waals surface area contributed by atoms with Crippen LogP contribution < -0.4 is 0 Å². The SMILES string of the molecule is CON=C(c1ncc[nH]1)c1ccccc1CO/N=C(\C)c1cccc(C(F)(F)F)c1. The molecule has 0 bridgehead atoms. The monoisotopic (exact) mass is 416 g/mol. The number of alkyl halides is 3. The second-order valence-electron chi connectivity index (χ2n) is 6.25. The van der Waals surface area contributed by atoms with Crippen LogP contribution in [0.25, 0.3) is 0 Å². The van der Waals surface area contributed by atoms with Gasteiger partial charge in [-0.05, 0) is 24.6 Å². The molecule has 0 aliphatic rings. The molecule has 0 atom stereocenters. The number of hydrogen-bond donors (Lipinski definition) is 1. The van der Waals surface area contributed by atoms with Gasteiger partial charge in [-0.25, -0.2) is 4.98 Å². The van der Waals surface area contributed by atoms with Crippen molar-refractivity contribution in [2.45, 2.75) is 19.7 Å². The first kappa shape index (κ1) is 21.1. The Morgan fingerprint density at radius 1 is 1.10 bits per heavy atom. The Hall–Kier alpha value is -3.62. The van der Waals surface area contributed by atoms with Gasteiger partial charge < -0.3 is 14.7 Å². The van der Waals surface area contributed by atoms with Gasteiger partial charge in [-0.15, -0.1) is 0 Å². The minimum atomic E-state index is -4.42. The van der Waals surface area contributed by atoms with E-state index < -0.39 is 11.7 Å². The molecular weight excluding hydrogens is 397 g/mol. The molecule has 6 nitrogen and oxygen atoms in total. The quantitative estimate of drug-likeness (QED) is 0.446. The maximum Gasteiger partial charge on any atom is 0.416 e. The zero-order valence-corrected chi connectivity index (χ0v) is 16.3. The van der Waals surface area contributed by atoms with Crippen LogP contribution in [0, 0.1) is 0 Å². The summed E-state index contributed by atoms with van der Waals surface area (Å²) in [6.07, 6.45) is -1.15. The largest absolute Gasteiger partial charge is 0.416 e. The number of nitrogens with zero attached hydrogens (tertiary/aromatic N) is 3. The van der Waals surface area contributed by atoms with Gasteiger partial charge in [0.2, 0.25) is 0 Å². The molecule has 0 saturated carbocycles. The van der Waals surface area contributed by atoms with E-state index >= 15 is 0 Å². The van der Waals surface area contributed by atoms with Crippen LogP contribution in [0.3, 0.4) is 0 Å². The second kappa shape index (κ2) is 9.25. The number of aromatic nitrogens is 2. The van der Waals surface area contributed by atoms with Gasteiger partial charge >= 0.3 is 6.18 Å². The van der Waals surface area contributed by atoms with Crippen LogP contribution in [0.1, 0.15) is 35.0 Å². The molecule has 0 spiro atoms. The van der Waals surface area contributed by atoms with Crippen LogP contribution in [0.4, 0.5) is 13.2 Å². The van der Waals surface area contributed by atoms with E-state index in [4.69, 9.17) is 9.68 Å². The molecule has 0 amide bonds. The zero-order chi connectivity index (χ0) is 21.6. The number of rotatable bonds is 7.